The number of rotatable bonds is 4. The lowest BCUT2D eigenvalue weighted by molar-refractivity contribution is 0.342. The van der Waals surface area contributed by atoms with Gasteiger partial charge < -0.3 is 10.2 Å². The number of fused-ring (bicyclic) bond motifs is 2. The number of pyridine rings is 2. The standard InChI is InChI=1S/C27H29N7O/c1-27(2,3)17-34-22-11-12-23(31-25(22)32(4)26(34)35)33-16-20(14-18-8-5-6-10-21(18)33)30-24-19(15-28)9-7-13-29-24/h5-13,20H,14,16-17H2,1-4H3,(H,29,30). The third-order valence-electron chi connectivity index (χ3n) is 6.30. The fourth-order valence-corrected chi connectivity index (χ4v) is 4.75. The van der Waals surface area contributed by atoms with Crippen LogP contribution < -0.4 is 15.9 Å². The molecule has 5 rings (SSSR count). The molecule has 1 atom stereocenters. The number of aryl methyl sites for hydroxylation is 1. The summed E-state index contributed by atoms with van der Waals surface area (Å²) in [6, 6.07) is 18.0. The van der Waals surface area contributed by atoms with Crippen LogP contribution in [0.3, 0.4) is 0 Å². The summed E-state index contributed by atoms with van der Waals surface area (Å²) >= 11 is 0. The molecule has 4 heterocycles. The van der Waals surface area contributed by atoms with Crippen molar-refractivity contribution in [1.82, 2.24) is 19.1 Å². The Morgan fingerprint density at radius 1 is 1.14 bits per heavy atom. The molecule has 1 aliphatic heterocycles. The van der Waals surface area contributed by atoms with Crippen LogP contribution in [-0.4, -0.2) is 31.7 Å². The fraction of sp³-hybridized carbons (Fsp3) is 0.333. The van der Waals surface area contributed by atoms with E-state index in [0.29, 0.717) is 30.1 Å². The van der Waals surface area contributed by atoms with Crippen molar-refractivity contribution < 1.29 is 0 Å². The second kappa shape index (κ2) is 8.58. The predicted octanol–water partition coefficient (Wildman–Crippen LogP) is 4.22. The minimum absolute atomic E-state index is 0.0266. The molecule has 4 aromatic rings. The summed E-state index contributed by atoms with van der Waals surface area (Å²) in [6.07, 6.45) is 2.49. The average Bonchev–Trinajstić information content (AvgIpc) is 3.07. The van der Waals surface area contributed by atoms with Crippen molar-refractivity contribution in [3.8, 4) is 6.07 Å². The van der Waals surface area contributed by atoms with Gasteiger partial charge in [-0.2, -0.15) is 5.26 Å². The van der Waals surface area contributed by atoms with Gasteiger partial charge in [-0.1, -0.05) is 39.0 Å². The van der Waals surface area contributed by atoms with E-state index < -0.39 is 0 Å². The van der Waals surface area contributed by atoms with Crippen LogP contribution in [-0.2, 0) is 20.0 Å². The molecule has 8 nitrogen and oxygen atoms in total. The number of aromatic nitrogens is 4. The highest BCUT2D eigenvalue weighted by Gasteiger charge is 2.28. The Hall–Kier alpha value is -4.12. The Labute approximate surface area is 204 Å². The van der Waals surface area contributed by atoms with Crippen LogP contribution >= 0.6 is 0 Å². The van der Waals surface area contributed by atoms with Crippen LogP contribution in [0, 0.1) is 16.7 Å². The molecule has 1 N–H and O–H groups in total. The van der Waals surface area contributed by atoms with E-state index in [1.165, 1.54) is 5.56 Å². The maximum absolute atomic E-state index is 13.0. The summed E-state index contributed by atoms with van der Waals surface area (Å²) in [5, 5.41) is 12.9. The minimum atomic E-state index is -0.0580. The van der Waals surface area contributed by atoms with E-state index in [2.05, 4.69) is 54.2 Å². The van der Waals surface area contributed by atoms with Gasteiger partial charge in [-0.3, -0.25) is 9.13 Å². The normalized spacial score (nSPS) is 15.6. The van der Waals surface area contributed by atoms with Crippen LogP contribution in [0.1, 0.15) is 31.9 Å². The second-order valence-electron chi connectivity index (χ2n) is 10.3. The number of benzene rings is 1. The Balaban J connectivity index is 1.55. The zero-order chi connectivity index (χ0) is 24.7. The van der Waals surface area contributed by atoms with Crippen molar-refractivity contribution >= 4 is 28.5 Å². The second-order valence-corrected chi connectivity index (χ2v) is 10.3. The van der Waals surface area contributed by atoms with E-state index in [9.17, 15) is 10.1 Å². The molecule has 3 aromatic heterocycles. The van der Waals surface area contributed by atoms with Crippen LogP contribution in [0.15, 0.2) is 59.5 Å². The number of nitrogens with zero attached hydrogens (tertiary/aromatic N) is 6. The molecule has 0 aliphatic carbocycles. The van der Waals surface area contributed by atoms with Crippen molar-refractivity contribution in [2.24, 2.45) is 12.5 Å². The Morgan fingerprint density at radius 3 is 2.71 bits per heavy atom. The van der Waals surface area contributed by atoms with E-state index in [1.807, 2.05) is 28.8 Å². The zero-order valence-corrected chi connectivity index (χ0v) is 20.5. The summed E-state index contributed by atoms with van der Waals surface area (Å²) in [4.78, 5) is 24.5. The van der Waals surface area contributed by atoms with Gasteiger partial charge in [-0.25, -0.2) is 14.8 Å². The summed E-state index contributed by atoms with van der Waals surface area (Å²) < 4.78 is 3.44. The number of hydrogen-bond acceptors (Lipinski definition) is 6. The van der Waals surface area contributed by atoms with E-state index in [1.54, 1.807) is 29.9 Å². The molecule has 0 saturated heterocycles. The highest BCUT2D eigenvalue weighted by atomic mass is 16.1. The third kappa shape index (κ3) is 4.26. The molecule has 0 radical (unpaired) electrons. The summed E-state index contributed by atoms with van der Waals surface area (Å²) in [5.41, 5.74) is 4.22. The number of nitriles is 1. The van der Waals surface area contributed by atoms with Gasteiger partial charge >= 0.3 is 5.69 Å². The van der Waals surface area contributed by atoms with Crippen molar-refractivity contribution in [2.75, 3.05) is 16.8 Å². The first-order valence-corrected chi connectivity index (χ1v) is 11.8. The molecule has 1 aliphatic rings. The smallest absolute Gasteiger partial charge is 0.330 e. The highest BCUT2D eigenvalue weighted by Crippen LogP contribution is 2.34. The van der Waals surface area contributed by atoms with Gasteiger partial charge in [0.25, 0.3) is 0 Å². The summed E-state index contributed by atoms with van der Waals surface area (Å²) in [7, 11) is 1.78. The number of imidazole rings is 1. The molecule has 0 saturated carbocycles. The first-order chi connectivity index (χ1) is 16.7. The summed E-state index contributed by atoms with van der Waals surface area (Å²) in [5.74, 6) is 1.37. The molecule has 1 unspecified atom stereocenters. The van der Waals surface area contributed by atoms with Crippen molar-refractivity contribution in [1.29, 1.82) is 5.26 Å². The third-order valence-corrected chi connectivity index (χ3v) is 6.30. The molecule has 0 spiro atoms. The Kier molecular flexibility index (Phi) is 5.56. The van der Waals surface area contributed by atoms with E-state index >= 15 is 0 Å². The van der Waals surface area contributed by atoms with Gasteiger partial charge in [0.15, 0.2) is 5.65 Å². The van der Waals surface area contributed by atoms with Crippen LogP contribution in [0.4, 0.5) is 17.3 Å². The lowest BCUT2D eigenvalue weighted by Crippen LogP contribution is -2.40. The maximum atomic E-state index is 13.0. The van der Waals surface area contributed by atoms with Crippen molar-refractivity contribution in [3.05, 3.63) is 76.3 Å². The lowest BCUT2D eigenvalue weighted by Gasteiger charge is -2.36. The van der Waals surface area contributed by atoms with Gasteiger partial charge in [0.05, 0.1) is 11.1 Å². The van der Waals surface area contributed by atoms with Gasteiger partial charge in [0, 0.05) is 38.1 Å². The molecule has 1 aromatic carbocycles. The zero-order valence-electron chi connectivity index (χ0n) is 20.5. The van der Waals surface area contributed by atoms with Crippen molar-refractivity contribution in [3.63, 3.8) is 0 Å². The molecular weight excluding hydrogens is 438 g/mol. The van der Waals surface area contributed by atoms with E-state index in [4.69, 9.17) is 4.98 Å². The number of hydrogen-bond donors (Lipinski definition) is 1. The summed E-state index contributed by atoms with van der Waals surface area (Å²) in [6.45, 7) is 7.63. The molecule has 8 heteroatoms. The Morgan fingerprint density at radius 2 is 1.94 bits per heavy atom. The molecule has 0 bridgehead atoms. The molecule has 0 amide bonds. The van der Waals surface area contributed by atoms with Gasteiger partial charge in [-0.15, -0.1) is 0 Å². The van der Waals surface area contributed by atoms with E-state index in [0.717, 1.165) is 23.4 Å². The van der Waals surface area contributed by atoms with Crippen LogP contribution in [0.2, 0.25) is 0 Å². The molecule has 178 valence electrons. The maximum Gasteiger partial charge on any atom is 0.330 e. The first-order valence-electron chi connectivity index (χ1n) is 11.8. The Bertz CT molecular complexity index is 1500. The molecule has 0 fully saturated rings. The van der Waals surface area contributed by atoms with Gasteiger partial charge in [-0.05, 0) is 47.7 Å². The topological polar surface area (TPSA) is 91.8 Å². The van der Waals surface area contributed by atoms with Gasteiger partial charge in [0.1, 0.15) is 17.7 Å². The van der Waals surface area contributed by atoms with Crippen molar-refractivity contribution in [2.45, 2.75) is 39.8 Å². The first kappa shape index (κ1) is 22.7. The molecule has 35 heavy (non-hydrogen) atoms. The van der Waals surface area contributed by atoms with Crippen LogP contribution in [0.25, 0.3) is 11.2 Å². The van der Waals surface area contributed by atoms with Gasteiger partial charge in [0.2, 0.25) is 0 Å². The van der Waals surface area contributed by atoms with E-state index in [-0.39, 0.29) is 17.1 Å². The number of para-hydroxylation sites is 1. The fourth-order valence-electron chi connectivity index (χ4n) is 4.75. The lowest BCUT2D eigenvalue weighted by atomic mass is 9.97. The number of anilines is 3. The number of nitrogens with one attached hydrogen (secondary N) is 1. The monoisotopic (exact) mass is 467 g/mol. The quantitative estimate of drug-likeness (QED) is 0.483. The largest absolute Gasteiger partial charge is 0.364 e. The van der Waals surface area contributed by atoms with Crippen LogP contribution in [0.5, 0.6) is 0 Å². The highest BCUT2D eigenvalue weighted by molar-refractivity contribution is 5.77. The predicted molar refractivity (Wildman–Crippen MR) is 138 cm³/mol. The minimum Gasteiger partial charge on any atom is -0.364 e. The molecular formula is C27H29N7O. The average molecular weight is 468 g/mol. The SMILES string of the molecule is Cn1c(=O)n(CC(C)(C)C)c2ccc(N3CC(Nc4ncccc4C#N)Cc4ccccc43)nc21.